The van der Waals surface area contributed by atoms with Crippen molar-refractivity contribution in [2.45, 2.75) is 6.61 Å². The molecular formula is C21H17NO3. The molecule has 1 heterocycles. The molecule has 4 nitrogen and oxygen atoms in total. The third kappa shape index (κ3) is 2.66. The first kappa shape index (κ1) is 15.4. The number of methoxy groups -OCH3 is 1. The van der Waals surface area contributed by atoms with Crippen molar-refractivity contribution in [3.8, 4) is 28.3 Å². The summed E-state index contributed by atoms with van der Waals surface area (Å²) in [6.45, 7) is -0.158. The number of benzene rings is 3. The number of aliphatic hydroxyl groups excluding tert-OH is 1. The van der Waals surface area contributed by atoms with Crippen LogP contribution in [0, 0.1) is 0 Å². The molecule has 0 saturated carbocycles. The maximum atomic E-state index is 9.98. The molecule has 0 aliphatic heterocycles. The van der Waals surface area contributed by atoms with Gasteiger partial charge in [0.15, 0.2) is 5.76 Å². The van der Waals surface area contributed by atoms with E-state index in [2.05, 4.69) is 17.3 Å². The van der Waals surface area contributed by atoms with E-state index < -0.39 is 0 Å². The summed E-state index contributed by atoms with van der Waals surface area (Å²) < 4.78 is 10.9. The Morgan fingerprint density at radius 1 is 1.00 bits per heavy atom. The first-order chi connectivity index (χ1) is 12.3. The van der Waals surface area contributed by atoms with Crippen LogP contribution in [-0.4, -0.2) is 17.4 Å². The number of nitrogens with zero attached hydrogens (tertiary/aromatic N) is 1. The standard InChI is InChI=1S/C21H17NO3/c1-24-16-9-4-8-15(12-16)21-19(13-23)20(22-25-21)18-11-5-7-14-6-2-3-10-17(14)18/h2-12,23H,13H2,1H3. The van der Waals surface area contributed by atoms with Gasteiger partial charge < -0.3 is 14.4 Å². The maximum absolute atomic E-state index is 9.98. The minimum absolute atomic E-state index is 0.158. The van der Waals surface area contributed by atoms with Crippen molar-refractivity contribution in [1.29, 1.82) is 0 Å². The van der Waals surface area contributed by atoms with Crippen molar-refractivity contribution < 1.29 is 14.4 Å². The Hall–Kier alpha value is -3.11. The lowest BCUT2D eigenvalue weighted by Gasteiger charge is -2.06. The van der Waals surface area contributed by atoms with Crippen molar-refractivity contribution in [2.75, 3.05) is 7.11 Å². The summed E-state index contributed by atoms with van der Waals surface area (Å²) in [5.41, 5.74) is 3.10. The van der Waals surface area contributed by atoms with Gasteiger partial charge in [0.2, 0.25) is 0 Å². The van der Waals surface area contributed by atoms with Gasteiger partial charge in [-0.3, -0.25) is 0 Å². The number of fused-ring (bicyclic) bond motifs is 1. The summed E-state index contributed by atoms with van der Waals surface area (Å²) in [5, 5.41) is 16.4. The van der Waals surface area contributed by atoms with Crippen LogP contribution in [0.3, 0.4) is 0 Å². The number of hydrogen-bond donors (Lipinski definition) is 1. The van der Waals surface area contributed by atoms with Gasteiger partial charge in [-0.25, -0.2) is 0 Å². The molecule has 0 bridgehead atoms. The molecule has 1 N–H and O–H groups in total. The Balaban J connectivity index is 1.91. The highest BCUT2D eigenvalue weighted by atomic mass is 16.5. The van der Waals surface area contributed by atoms with Crippen molar-refractivity contribution in [2.24, 2.45) is 0 Å². The molecule has 0 aliphatic carbocycles. The molecule has 1 aromatic heterocycles. The van der Waals surface area contributed by atoms with Crippen molar-refractivity contribution in [1.82, 2.24) is 5.16 Å². The molecular weight excluding hydrogens is 314 g/mol. The van der Waals surface area contributed by atoms with Crippen LogP contribution < -0.4 is 4.74 Å². The van der Waals surface area contributed by atoms with Crippen LogP contribution in [0.4, 0.5) is 0 Å². The van der Waals surface area contributed by atoms with E-state index in [0.29, 0.717) is 17.0 Å². The summed E-state index contributed by atoms with van der Waals surface area (Å²) in [7, 11) is 1.62. The smallest absolute Gasteiger partial charge is 0.173 e. The number of hydrogen-bond acceptors (Lipinski definition) is 4. The van der Waals surface area contributed by atoms with Gasteiger partial charge in [0, 0.05) is 11.1 Å². The van der Waals surface area contributed by atoms with Crippen molar-refractivity contribution in [3.63, 3.8) is 0 Å². The van der Waals surface area contributed by atoms with Crippen LogP contribution in [0.1, 0.15) is 5.56 Å². The summed E-state index contributed by atoms with van der Waals surface area (Å²) in [4.78, 5) is 0. The average molecular weight is 331 g/mol. The van der Waals surface area contributed by atoms with E-state index in [1.54, 1.807) is 7.11 Å². The van der Waals surface area contributed by atoms with Crippen LogP contribution in [0.25, 0.3) is 33.4 Å². The molecule has 0 amide bonds. The Kier molecular flexibility index (Phi) is 3.96. The van der Waals surface area contributed by atoms with Crippen LogP contribution in [0.2, 0.25) is 0 Å². The van der Waals surface area contributed by atoms with Crippen LogP contribution >= 0.6 is 0 Å². The zero-order valence-electron chi connectivity index (χ0n) is 13.8. The molecule has 0 atom stereocenters. The molecule has 0 radical (unpaired) electrons. The highest BCUT2D eigenvalue weighted by Crippen LogP contribution is 2.36. The molecule has 4 aromatic rings. The van der Waals surface area contributed by atoms with Crippen LogP contribution in [0.15, 0.2) is 71.3 Å². The molecule has 0 aliphatic rings. The fraction of sp³-hybridized carbons (Fsp3) is 0.0952. The SMILES string of the molecule is COc1cccc(-c2onc(-c3cccc4ccccc34)c2CO)c1. The minimum atomic E-state index is -0.158. The van der Waals surface area contributed by atoms with Crippen molar-refractivity contribution >= 4 is 10.8 Å². The molecule has 25 heavy (non-hydrogen) atoms. The predicted octanol–water partition coefficient (Wildman–Crippen LogP) is 4.66. The second kappa shape index (κ2) is 6.42. The van der Waals surface area contributed by atoms with Gasteiger partial charge in [0.1, 0.15) is 11.4 Å². The highest BCUT2D eigenvalue weighted by molar-refractivity contribution is 5.97. The fourth-order valence-electron chi connectivity index (χ4n) is 3.09. The topological polar surface area (TPSA) is 55.5 Å². The Morgan fingerprint density at radius 2 is 1.80 bits per heavy atom. The van der Waals surface area contributed by atoms with E-state index in [0.717, 1.165) is 27.6 Å². The number of aromatic nitrogens is 1. The first-order valence-electron chi connectivity index (χ1n) is 8.04. The Morgan fingerprint density at radius 3 is 2.64 bits per heavy atom. The second-order valence-corrected chi connectivity index (χ2v) is 5.76. The van der Waals surface area contributed by atoms with E-state index in [-0.39, 0.29) is 6.61 Å². The molecule has 124 valence electrons. The average Bonchev–Trinajstić information content (AvgIpc) is 3.11. The van der Waals surface area contributed by atoms with E-state index in [1.165, 1.54) is 0 Å². The summed E-state index contributed by atoms with van der Waals surface area (Å²) >= 11 is 0. The molecule has 4 heteroatoms. The molecule has 4 rings (SSSR count). The normalized spacial score (nSPS) is 11.0. The number of aliphatic hydroxyl groups is 1. The molecule has 0 unspecified atom stereocenters. The van der Waals surface area contributed by atoms with Gasteiger partial charge in [0.25, 0.3) is 0 Å². The third-order valence-corrected chi connectivity index (χ3v) is 4.32. The summed E-state index contributed by atoms with van der Waals surface area (Å²) in [5.74, 6) is 1.29. The number of rotatable bonds is 4. The van der Waals surface area contributed by atoms with E-state index in [9.17, 15) is 5.11 Å². The van der Waals surface area contributed by atoms with Gasteiger partial charge in [-0.2, -0.15) is 0 Å². The Bertz CT molecular complexity index is 1030. The van der Waals surface area contributed by atoms with Gasteiger partial charge in [-0.1, -0.05) is 59.8 Å². The summed E-state index contributed by atoms with van der Waals surface area (Å²) in [6, 6.07) is 21.7. The van der Waals surface area contributed by atoms with E-state index in [4.69, 9.17) is 9.26 Å². The lowest BCUT2D eigenvalue weighted by atomic mass is 9.98. The molecule has 0 spiro atoms. The first-order valence-corrected chi connectivity index (χ1v) is 8.04. The fourth-order valence-corrected chi connectivity index (χ4v) is 3.09. The lowest BCUT2D eigenvalue weighted by molar-refractivity contribution is 0.281. The largest absolute Gasteiger partial charge is 0.497 e. The lowest BCUT2D eigenvalue weighted by Crippen LogP contribution is -1.90. The Labute approximate surface area is 145 Å². The predicted molar refractivity (Wildman–Crippen MR) is 97.4 cm³/mol. The van der Waals surface area contributed by atoms with Crippen LogP contribution in [0.5, 0.6) is 5.75 Å². The second-order valence-electron chi connectivity index (χ2n) is 5.76. The van der Waals surface area contributed by atoms with Crippen molar-refractivity contribution in [3.05, 3.63) is 72.3 Å². The summed E-state index contributed by atoms with van der Waals surface area (Å²) in [6.07, 6.45) is 0. The van der Waals surface area contributed by atoms with Gasteiger partial charge >= 0.3 is 0 Å². The molecule has 3 aromatic carbocycles. The van der Waals surface area contributed by atoms with Gasteiger partial charge in [-0.05, 0) is 22.9 Å². The molecule has 0 fully saturated rings. The highest BCUT2D eigenvalue weighted by Gasteiger charge is 2.20. The third-order valence-electron chi connectivity index (χ3n) is 4.32. The van der Waals surface area contributed by atoms with Gasteiger partial charge in [0.05, 0.1) is 19.3 Å². The van der Waals surface area contributed by atoms with E-state index in [1.807, 2.05) is 54.6 Å². The maximum Gasteiger partial charge on any atom is 0.173 e. The monoisotopic (exact) mass is 331 g/mol. The zero-order valence-corrected chi connectivity index (χ0v) is 13.8. The van der Waals surface area contributed by atoms with Gasteiger partial charge in [-0.15, -0.1) is 0 Å². The minimum Gasteiger partial charge on any atom is -0.497 e. The van der Waals surface area contributed by atoms with Crippen LogP contribution in [-0.2, 0) is 6.61 Å². The van der Waals surface area contributed by atoms with E-state index >= 15 is 0 Å². The number of ether oxygens (including phenoxy) is 1. The molecule has 0 saturated heterocycles. The zero-order chi connectivity index (χ0) is 17.2. The quantitative estimate of drug-likeness (QED) is 0.591.